The summed E-state index contributed by atoms with van der Waals surface area (Å²) in [5, 5.41) is 4.08. The van der Waals surface area contributed by atoms with Crippen molar-refractivity contribution in [2.75, 3.05) is 0 Å². The number of imidazole rings is 1. The Bertz CT molecular complexity index is 642. The van der Waals surface area contributed by atoms with Crippen molar-refractivity contribution in [3.8, 4) is 11.3 Å². The Balaban J connectivity index is 2.31. The Labute approximate surface area is 95.2 Å². The minimum absolute atomic E-state index is 0.502. The molecule has 0 fully saturated rings. The molecule has 16 heavy (non-hydrogen) atoms. The second-order valence-electron chi connectivity index (χ2n) is 3.26. The van der Waals surface area contributed by atoms with E-state index in [1.807, 2.05) is 30.3 Å². The van der Waals surface area contributed by atoms with Gasteiger partial charge in [-0.1, -0.05) is 41.7 Å². The molecule has 0 spiro atoms. The summed E-state index contributed by atoms with van der Waals surface area (Å²) in [6.07, 6.45) is 0.794. The largest absolute Gasteiger partial charge is 0.296 e. The highest BCUT2D eigenvalue weighted by Crippen LogP contribution is 2.23. The lowest BCUT2D eigenvalue weighted by Gasteiger charge is -1.96. The van der Waals surface area contributed by atoms with Crippen LogP contribution in [0.4, 0.5) is 0 Å². The van der Waals surface area contributed by atoms with Crippen molar-refractivity contribution >= 4 is 22.6 Å². The summed E-state index contributed by atoms with van der Waals surface area (Å²) in [5.41, 5.74) is 3.80. The molecule has 3 aromatic rings. The van der Waals surface area contributed by atoms with Crippen molar-refractivity contribution in [3.05, 3.63) is 41.5 Å². The van der Waals surface area contributed by atoms with Crippen LogP contribution in [0, 0.1) is 0 Å². The monoisotopic (exact) mass is 229 g/mol. The zero-order valence-electron chi connectivity index (χ0n) is 8.20. The zero-order chi connectivity index (χ0) is 11.0. The summed E-state index contributed by atoms with van der Waals surface area (Å²) in [7, 11) is 0. The molecule has 5 heteroatoms. The molecule has 0 aliphatic carbocycles. The Morgan fingerprint density at radius 3 is 2.81 bits per heavy atom. The molecule has 2 aromatic heterocycles. The second-order valence-corrected chi connectivity index (χ2v) is 4.07. The Hall–Kier alpha value is -2.01. The van der Waals surface area contributed by atoms with Crippen molar-refractivity contribution in [1.29, 1.82) is 0 Å². The van der Waals surface area contributed by atoms with Crippen molar-refractivity contribution in [1.82, 2.24) is 14.6 Å². The van der Waals surface area contributed by atoms with Crippen LogP contribution in [0.3, 0.4) is 0 Å². The molecule has 0 atom stereocenters. The van der Waals surface area contributed by atoms with Crippen LogP contribution in [0.1, 0.15) is 10.5 Å². The SMILES string of the molecule is O=Cc1c(-c2ccccc2)nc2scnn12. The van der Waals surface area contributed by atoms with Gasteiger partial charge in [0.25, 0.3) is 0 Å². The smallest absolute Gasteiger partial charge is 0.213 e. The zero-order valence-corrected chi connectivity index (χ0v) is 9.02. The van der Waals surface area contributed by atoms with Gasteiger partial charge in [-0.2, -0.15) is 9.61 Å². The molecule has 0 aliphatic heterocycles. The van der Waals surface area contributed by atoms with Gasteiger partial charge >= 0.3 is 0 Å². The average Bonchev–Trinajstić information content (AvgIpc) is 2.89. The summed E-state index contributed by atoms with van der Waals surface area (Å²) >= 11 is 1.41. The van der Waals surface area contributed by atoms with E-state index in [0.717, 1.165) is 16.8 Å². The predicted octanol–water partition coefficient (Wildman–Crippen LogP) is 2.27. The Morgan fingerprint density at radius 2 is 2.06 bits per heavy atom. The molecule has 0 amide bonds. The predicted molar refractivity (Wildman–Crippen MR) is 61.7 cm³/mol. The Kier molecular flexibility index (Phi) is 2.04. The molecule has 0 N–H and O–H groups in total. The number of aldehydes is 1. The van der Waals surface area contributed by atoms with Crippen molar-refractivity contribution in [2.24, 2.45) is 0 Å². The van der Waals surface area contributed by atoms with Crippen LogP contribution < -0.4 is 0 Å². The van der Waals surface area contributed by atoms with Crippen molar-refractivity contribution in [3.63, 3.8) is 0 Å². The molecule has 0 bridgehead atoms. The lowest BCUT2D eigenvalue weighted by Crippen LogP contribution is -1.92. The first kappa shape index (κ1) is 9.23. The normalized spacial score (nSPS) is 10.8. The number of nitrogens with zero attached hydrogens (tertiary/aromatic N) is 3. The molecule has 3 rings (SSSR count). The minimum Gasteiger partial charge on any atom is -0.296 e. The topological polar surface area (TPSA) is 47.3 Å². The number of aromatic nitrogens is 3. The third-order valence-corrected chi connectivity index (χ3v) is 3.01. The van der Waals surface area contributed by atoms with E-state index in [2.05, 4.69) is 10.1 Å². The molecule has 0 saturated carbocycles. The molecule has 4 nitrogen and oxygen atoms in total. The first-order valence-corrected chi connectivity index (χ1v) is 5.61. The molecule has 0 saturated heterocycles. The van der Waals surface area contributed by atoms with Gasteiger partial charge in [0.15, 0.2) is 6.29 Å². The van der Waals surface area contributed by atoms with Crippen molar-refractivity contribution in [2.45, 2.75) is 0 Å². The van der Waals surface area contributed by atoms with E-state index in [1.54, 1.807) is 10.0 Å². The maximum atomic E-state index is 11.1. The maximum absolute atomic E-state index is 11.1. The summed E-state index contributed by atoms with van der Waals surface area (Å²) in [4.78, 5) is 16.2. The number of benzene rings is 1. The summed E-state index contributed by atoms with van der Waals surface area (Å²) in [5.74, 6) is 0. The van der Waals surface area contributed by atoms with Crippen molar-refractivity contribution < 1.29 is 4.79 Å². The molecule has 0 unspecified atom stereocenters. The molecular weight excluding hydrogens is 222 g/mol. The first-order chi connectivity index (χ1) is 7.90. The van der Waals surface area contributed by atoms with Gasteiger partial charge in [-0.25, -0.2) is 4.98 Å². The van der Waals surface area contributed by atoms with Crippen LogP contribution in [0.5, 0.6) is 0 Å². The van der Waals surface area contributed by atoms with Gasteiger partial charge in [0, 0.05) is 5.56 Å². The van der Waals surface area contributed by atoms with E-state index in [1.165, 1.54) is 11.3 Å². The lowest BCUT2D eigenvalue weighted by atomic mass is 10.1. The van der Waals surface area contributed by atoms with E-state index in [9.17, 15) is 4.79 Å². The number of fused-ring (bicyclic) bond motifs is 1. The highest BCUT2D eigenvalue weighted by atomic mass is 32.1. The van der Waals surface area contributed by atoms with Crippen LogP contribution in [0.2, 0.25) is 0 Å². The Morgan fingerprint density at radius 1 is 1.25 bits per heavy atom. The average molecular weight is 229 g/mol. The number of rotatable bonds is 2. The molecule has 0 radical (unpaired) electrons. The molecule has 0 aliphatic rings. The lowest BCUT2D eigenvalue weighted by molar-refractivity contribution is 0.111. The quantitative estimate of drug-likeness (QED) is 0.633. The van der Waals surface area contributed by atoms with Gasteiger partial charge in [0.05, 0.1) is 0 Å². The van der Waals surface area contributed by atoms with Crippen LogP contribution >= 0.6 is 11.3 Å². The highest BCUT2D eigenvalue weighted by molar-refractivity contribution is 7.14. The van der Waals surface area contributed by atoms with E-state index < -0.39 is 0 Å². The molecule has 1 aromatic carbocycles. The van der Waals surface area contributed by atoms with E-state index >= 15 is 0 Å². The number of carbonyl (C=O) groups excluding carboxylic acids is 1. The number of hydrogen-bond donors (Lipinski definition) is 0. The van der Waals surface area contributed by atoms with Crippen LogP contribution in [-0.4, -0.2) is 20.9 Å². The van der Waals surface area contributed by atoms with Gasteiger partial charge < -0.3 is 0 Å². The third-order valence-electron chi connectivity index (χ3n) is 2.34. The molecule has 2 heterocycles. The number of carbonyl (C=O) groups is 1. The standard InChI is InChI=1S/C11H7N3OS/c15-6-9-10(8-4-2-1-3-5-8)13-11-14(9)12-7-16-11/h1-7H. The van der Waals surface area contributed by atoms with Crippen LogP contribution in [0.15, 0.2) is 35.8 Å². The third kappa shape index (κ3) is 1.25. The molecular formula is C11H7N3OS. The summed E-state index contributed by atoms with van der Waals surface area (Å²) in [6.45, 7) is 0. The van der Waals surface area contributed by atoms with E-state index in [4.69, 9.17) is 0 Å². The van der Waals surface area contributed by atoms with Gasteiger partial charge in [0.1, 0.15) is 16.9 Å². The molecule has 78 valence electrons. The second kappa shape index (κ2) is 3.53. The van der Waals surface area contributed by atoms with Gasteiger partial charge in [-0.3, -0.25) is 4.79 Å². The van der Waals surface area contributed by atoms with E-state index in [-0.39, 0.29) is 0 Å². The van der Waals surface area contributed by atoms with Gasteiger partial charge in [-0.05, 0) is 0 Å². The van der Waals surface area contributed by atoms with Crippen LogP contribution in [0.25, 0.3) is 16.2 Å². The number of hydrogen-bond acceptors (Lipinski definition) is 4. The fraction of sp³-hybridized carbons (Fsp3) is 0. The van der Waals surface area contributed by atoms with Gasteiger partial charge in [-0.15, -0.1) is 0 Å². The maximum Gasteiger partial charge on any atom is 0.213 e. The summed E-state index contributed by atoms with van der Waals surface area (Å²) < 4.78 is 1.57. The summed E-state index contributed by atoms with van der Waals surface area (Å²) in [6, 6.07) is 9.63. The minimum atomic E-state index is 0.502. The fourth-order valence-electron chi connectivity index (χ4n) is 1.62. The van der Waals surface area contributed by atoms with Gasteiger partial charge in [0.2, 0.25) is 4.96 Å². The van der Waals surface area contributed by atoms with E-state index in [0.29, 0.717) is 11.4 Å². The fourth-order valence-corrected chi connectivity index (χ4v) is 2.25. The highest BCUT2D eigenvalue weighted by Gasteiger charge is 2.14. The first-order valence-electron chi connectivity index (χ1n) is 4.73. The van der Waals surface area contributed by atoms with Crippen LogP contribution in [-0.2, 0) is 0 Å².